The number of ketones is 2. The second kappa shape index (κ2) is 13.4. The summed E-state index contributed by atoms with van der Waals surface area (Å²) in [5, 5.41) is 9.49. The van der Waals surface area contributed by atoms with Gasteiger partial charge in [0.1, 0.15) is 11.6 Å². The Morgan fingerprint density at radius 2 is 1.57 bits per heavy atom. The number of Topliss-reactive ketones (excluding diaryl/α,β-unsaturated/α-hetero) is 2. The summed E-state index contributed by atoms with van der Waals surface area (Å²) in [6.07, 6.45) is 14.1. The number of carboxylic acid groups (broad SMARTS) is 1. The Bertz CT molecular complexity index is 1590. The molecule has 5 aliphatic carbocycles. The molecule has 0 unspecified atom stereocenters. The van der Waals surface area contributed by atoms with E-state index in [1.165, 1.54) is 36.8 Å². The summed E-state index contributed by atoms with van der Waals surface area (Å²) in [4.78, 5) is 40.4. The lowest BCUT2D eigenvalue weighted by Gasteiger charge is -2.72. The number of allylic oxidation sites excluding steroid dienone is 3. The highest BCUT2D eigenvalue weighted by Gasteiger charge is 2.71. The molecule has 1 aromatic carbocycles. The molecule has 4 fully saturated rings. The van der Waals surface area contributed by atoms with Crippen LogP contribution in [0.25, 0.3) is 5.57 Å². The standard InChI is InChI=1S/C46H67NO4/c1-29(2)34-19-24-46(39(49)12-11-27-47(30(3)4)28-31(5)48)26-25-44(9)36(40(34)46)17-18-38-43(8)22-20-35(32-13-15-33(16-14-32)41(50)51)42(6,7)37(43)21-23-45(38,44)10/h13-16,20,30,34,36-38,40H,1,11-12,17-19,21-28H2,2-10H3,(H,50,51)/t34-,36+,37-,38+,40+,43-,44+,45+,46+/m0/s1. The molecule has 1 N–H and O–H groups in total. The number of benzene rings is 1. The quantitative estimate of drug-likeness (QED) is 0.233. The Kier molecular flexibility index (Phi) is 10.0. The van der Waals surface area contributed by atoms with Crippen molar-refractivity contribution in [3.05, 3.63) is 53.6 Å². The molecule has 6 rings (SSSR count). The van der Waals surface area contributed by atoms with Gasteiger partial charge in [0.05, 0.1) is 12.1 Å². The van der Waals surface area contributed by atoms with Gasteiger partial charge in [-0.25, -0.2) is 4.79 Å². The Balaban J connectivity index is 1.28. The fraction of sp³-hybridized carbons (Fsp3) is 0.717. The number of aromatic carboxylic acids is 1. The molecule has 0 amide bonds. The Morgan fingerprint density at radius 1 is 0.882 bits per heavy atom. The van der Waals surface area contributed by atoms with E-state index in [1.807, 2.05) is 12.1 Å². The number of rotatable bonds is 11. The molecule has 9 atom stereocenters. The summed E-state index contributed by atoms with van der Waals surface area (Å²) >= 11 is 0. The largest absolute Gasteiger partial charge is 0.478 e. The second-order valence-electron chi connectivity index (χ2n) is 19.6. The zero-order valence-corrected chi connectivity index (χ0v) is 33.4. The second-order valence-corrected chi connectivity index (χ2v) is 19.6. The van der Waals surface area contributed by atoms with Crippen LogP contribution >= 0.6 is 0 Å². The highest BCUT2D eigenvalue weighted by atomic mass is 16.4. The van der Waals surface area contributed by atoms with E-state index in [0.717, 1.165) is 50.6 Å². The number of fused-ring (bicyclic) bond motifs is 7. The molecule has 1 aromatic rings. The summed E-state index contributed by atoms with van der Waals surface area (Å²) in [6.45, 7) is 26.8. The van der Waals surface area contributed by atoms with Gasteiger partial charge in [-0.2, -0.15) is 0 Å². The van der Waals surface area contributed by atoms with E-state index < -0.39 is 5.97 Å². The van der Waals surface area contributed by atoms with Gasteiger partial charge < -0.3 is 5.11 Å². The lowest BCUT2D eigenvalue weighted by molar-refractivity contribution is -0.224. The van der Waals surface area contributed by atoms with Crippen molar-refractivity contribution in [3.63, 3.8) is 0 Å². The van der Waals surface area contributed by atoms with Crippen LogP contribution in [-0.4, -0.2) is 46.7 Å². The number of nitrogens with zero attached hydrogens (tertiary/aromatic N) is 1. The molecule has 0 heterocycles. The van der Waals surface area contributed by atoms with Crippen molar-refractivity contribution in [1.82, 2.24) is 4.90 Å². The lowest BCUT2D eigenvalue weighted by Crippen LogP contribution is -2.65. The van der Waals surface area contributed by atoms with Crippen LogP contribution in [0.15, 0.2) is 42.5 Å². The molecule has 0 bridgehead atoms. The zero-order chi connectivity index (χ0) is 37.3. The highest BCUT2D eigenvalue weighted by Crippen LogP contribution is 2.78. The van der Waals surface area contributed by atoms with Gasteiger partial charge in [-0.15, -0.1) is 0 Å². The van der Waals surface area contributed by atoms with Gasteiger partial charge in [-0.05, 0) is 173 Å². The molecule has 51 heavy (non-hydrogen) atoms. The van der Waals surface area contributed by atoms with Crippen molar-refractivity contribution < 1.29 is 19.5 Å². The third-order valence-corrected chi connectivity index (χ3v) is 16.6. The first-order valence-corrected chi connectivity index (χ1v) is 20.3. The van der Waals surface area contributed by atoms with Crippen LogP contribution in [0.1, 0.15) is 149 Å². The fourth-order valence-electron chi connectivity index (χ4n) is 14.0. The van der Waals surface area contributed by atoms with Gasteiger partial charge in [0.15, 0.2) is 0 Å². The summed E-state index contributed by atoms with van der Waals surface area (Å²) in [5.41, 5.74) is 4.46. The summed E-state index contributed by atoms with van der Waals surface area (Å²) in [7, 11) is 0. The molecule has 4 saturated carbocycles. The third kappa shape index (κ3) is 5.95. The van der Waals surface area contributed by atoms with E-state index in [9.17, 15) is 19.5 Å². The van der Waals surface area contributed by atoms with E-state index in [0.29, 0.717) is 59.9 Å². The van der Waals surface area contributed by atoms with E-state index in [4.69, 9.17) is 0 Å². The molecule has 280 valence electrons. The Hall–Kier alpha value is -2.53. The normalized spacial score (nSPS) is 38.3. The van der Waals surface area contributed by atoms with Crippen LogP contribution in [0.5, 0.6) is 0 Å². The molecule has 5 nitrogen and oxygen atoms in total. The number of carboxylic acids is 1. The summed E-state index contributed by atoms with van der Waals surface area (Å²) in [6, 6.07) is 7.83. The molecular weight excluding hydrogens is 631 g/mol. The number of hydrogen-bond acceptors (Lipinski definition) is 4. The minimum Gasteiger partial charge on any atom is -0.478 e. The third-order valence-electron chi connectivity index (χ3n) is 16.6. The Morgan fingerprint density at radius 3 is 2.18 bits per heavy atom. The fourth-order valence-corrected chi connectivity index (χ4v) is 14.0. The van der Waals surface area contributed by atoms with Gasteiger partial charge in [0.2, 0.25) is 0 Å². The SMILES string of the molecule is C=C(C)[C@@H]1CC[C@]2(C(=O)CCCN(CC(C)=O)C(C)C)CC[C@]3(C)[C@H](CC[C@@H]4[C@@]5(C)CC=C(c6ccc(C(=O)O)cc6)C(C)(C)[C@@H]5CC[C@]43C)[C@@H]12. The smallest absolute Gasteiger partial charge is 0.335 e. The van der Waals surface area contributed by atoms with Crippen LogP contribution in [0.3, 0.4) is 0 Å². The van der Waals surface area contributed by atoms with E-state index in [2.05, 4.69) is 72.9 Å². The maximum atomic E-state index is 14.6. The molecule has 0 radical (unpaired) electrons. The minimum atomic E-state index is -0.878. The van der Waals surface area contributed by atoms with E-state index >= 15 is 0 Å². The predicted octanol–water partition coefficient (Wildman–Crippen LogP) is 10.7. The molecular formula is C46H67NO4. The molecule has 0 saturated heterocycles. The van der Waals surface area contributed by atoms with Gasteiger partial charge in [0.25, 0.3) is 0 Å². The summed E-state index contributed by atoms with van der Waals surface area (Å²) in [5.74, 6) is 2.30. The molecule has 0 spiro atoms. The molecule has 5 heteroatoms. The van der Waals surface area contributed by atoms with Crippen molar-refractivity contribution in [2.45, 2.75) is 139 Å². The van der Waals surface area contributed by atoms with Crippen molar-refractivity contribution in [2.75, 3.05) is 13.1 Å². The number of carbonyl (C=O) groups excluding carboxylic acids is 2. The highest BCUT2D eigenvalue weighted by molar-refractivity contribution is 5.88. The summed E-state index contributed by atoms with van der Waals surface area (Å²) < 4.78 is 0. The zero-order valence-electron chi connectivity index (χ0n) is 33.4. The van der Waals surface area contributed by atoms with Crippen LogP contribution in [0.2, 0.25) is 0 Å². The van der Waals surface area contributed by atoms with Crippen molar-refractivity contribution in [3.8, 4) is 0 Å². The van der Waals surface area contributed by atoms with Crippen LogP contribution in [-0.2, 0) is 9.59 Å². The first-order valence-electron chi connectivity index (χ1n) is 20.3. The average molecular weight is 698 g/mol. The van der Waals surface area contributed by atoms with Gasteiger partial charge in [-0.1, -0.05) is 65.0 Å². The van der Waals surface area contributed by atoms with Crippen molar-refractivity contribution >= 4 is 23.1 Å². The van der Waals surface area contributed by atoms with Crippen LogP contribution < -0.4 is 0 Å². The minimum absolute atomic E-state index is 0.0168. The monoisotopic (exact) mass is 698 g/mol. The molecule has 0 aliphatic heterocycles. The molecule has 5 aliphatic rings. The first-order chi connectivity index (χ1) is 23.8. The first kappa shape index (κ1) is 38.2. The van der Waals surface area contributed by atoms with Gasteiger partial charge >= 0.3 is 5.97 Å². The van der Waals surface area contributed by atoms with Gasteiger partial charge in [0, 0.05) is 17.9 Å². The maximum Gasteiger partial charge on any atom is 0.335 e. The number of hydrogen-bond donors (Lipinski definition) is 1. The molecule has 0 aromatic heterocycles. The van der Waals surface area contributed by atoms with Crippen molar-refractivity contribution in [1.29, 1.82) is 0 Å². The number of carbonyl (C=O) groups is 3. The Labute approximate surface area is 309 Å². The maximum absolute atomic E-state index is 14.6. The van der Waals surface area contributed by atoms with Gasteiger partial charge in [-0.3, -0.25) is 14.5 Å². The average Bonchev–Trinajstić information content (AvgIpc) is 3.45. The lowest BCUT2D eigenvalue weighted by atomic mass is 9.32. The van der Waals surface area contributed by atoms with Crippen LogP contribution in [0, 0.1) is 56.7 Å². The van der Waals surface area contributed by atoms with E-state index in [-0.39, 0.29) is 32.9 Å². The predicted molar refractivity (Wildman–Crippen MR) is 207 cm³/mol. The van der Waals surface area contributed by atoms with Crippen molar-refractivity contribution in [2.24, 2.45) is 56.7 Å². The topological polar surface area (TPSA) is 74.7 Å². The van der Waals surface area contributed by atoms with Crippen LogP contribution in [0.4, 0.5) is 0 Å². The van der Waals surface area contributed by atoms with E-state index in [1.54, 1.807) is 19.1 Å².